The van der Waals surface area contributed by atoms with E-state index >= 15 is 0 Å². The number of aliphatic hydroxyl groups is 4. The van der Waals surface area contributed by atoms with E-state index < -0.39 is 30.6 Å². The number of nitrogens with one attached hydrogen (secondary N) is 1. The van der Waals surface area contributed by atoms with Crippen LogP contribution in [0, 0.1) is 0 Å². The van der Waals surface area contributed by atoms with Gasteiger partial charge in [0.25, 0.3) is 5.82 Å². The second-order valence-electron chi connectivity index (χ2n) is 6.19. The molecule has 0 radical (unpaired) electrons. The van der Waals surface area contributed by atoms with Crippen LogP contribution in [0.15, 0.2) is 12.7 Å². The van der Waals surface area contributed by atoms with E-state index in [1.165, 1.54) is 0 Å². The smallest absolute Gasteiger partial charge is 0.253 e. The zero-order valence-corrected chi connectivity index (χ0v) is 12.9. The number of aliphatic hydroxyl groups excluding tert-OH is 4. The molecule has 0 spiro atoms. The van der Waals surface area contributed by atoms with Crippen molar-refractivity contribution in [2.24, 2.45) is 0 Å². The molecule has 0 saturated carbocycles. The maximum absolute atomic E-state index is 9.98. The fourth-order valence-corrected chi connectivity index (χ4v) is 3.29. The molecule has 24 heavy (non-hydrogen) atoms. The van der Waals surface area contributed by atoms with Crippen LogP contribution in [0.25, 0.3) is 11.2 Å². The molecule has 2 aromatic heterocycles. The average Bonchev–Trinajstić information content (AvgIpc) is 3.17. The molecular formula is C14H20N5O5+. The van der Waals surface area contributed by atoms with Crippen molar-refractivity contribution in [3.63, 3.8) is 0 Å². The Morgan fingerprint density at radius 1 is 1.25 bits per heavy atom. The molecule has 5 N–H and O–H groups in total. The van der Waals surface area contributed by atoms with Gasteiger partial charge in [0.2, 0.25) is 12.0 Å². The number of fused-ring (bicyclic) bond motifs is 3. The summed E-state index contributed by atoms with van der Waals surface area (Å²) in [5.74, 6) is 0.667. The standard InChI is InChI=1S/C14H19N5O5/c20-3-7-9(23)2-18-5-16-13-12(14(18)17-7)15-6-19(13)11-1-8(22)10(4-21)24-11/h5-11,20-23H,1-4H2/p+1/t7-,8+,9-,10-,11-/m1/s1. The molecule has 0 bridgehead atoms. The van der Waals surface area contributed by atoms with E-state index in [-0.39, 0.29) is 13.2 Å². The molecule has 0 aliphatic carbocycles. The molecular weight excluding hydrogens is 318 g/mol. The molecule has 10 heteroatoms. The van der Waals surface area contributed by atoms with Crippen LogP contribution < -0.4 is 9.88 Å². The maximum Gasteiger partial charge on any atom is 0.253 e. The zero-order chi connectivity index (χ0) is 16.8. The third kappa shape index (κ3) is 2.34. The quantitative estimate of drug-likeness (QED) is 0.388. The number of hydrogen-bond donors (Lipinski definition) is 5. The van der Waals surface area contributed by atoms with Gasteiger partial charge in [-0.05, 0) is 0 Å². The van der Waals surface area contributed by atoms with Gasteiger partial charge in [0, 0.05) is 6.42 Å². The first kappa shape index (κ1) is 15.7. The molecule has 2 aliphatic heterocycles. The van der Waals surface area contributed by atoms with Gasteiger partial charge in [0.05, 0.1) is 19.3 Å². The second-order valence-corrected chi connectivity index (χ2v) is 6.19. The largest absolute Gasteiger partial charge is 0.394 e. The van der Waals surface area contributed by atoms with Gasteiger partial charge in [-0.1, -0.05) is 4.98 Å². The Bertz CT molecular complexity index is 752. The van der Waals surface area contributed by atoms with E-state index in [0.29, 0.717) is 29.9 Å². The van der Waals surface area contributed by atoms with Crippen LogP contribution >= 0.6 is 0 Å². The number of imidazole rings is 1. The van der Waals surface area contributed by atoms with Crippen LogP contribution in [0.4, 0.5) is 5.82 Å². The lowest BCUT2D eigenvalue weighted by Crippen LogP contribution is -2.56. The van der Waals surface area contributed by atoms with Crippen LogP contribution in [0.1, 0.15) is 12.6 Å². The van der Waals surface area contributed by atoms with Crippen LogP contribution in [0.2, 0.25) is 0 Å². The van der Waals surface area contributed by atoms with Gasteiger partial charge in [0.1, 0.15) is 37.3 Å². The number of ether oxygens (including phenoxy) is 1. The monoisotopic (exact) mass is 338 g/mol. The van der Waals surface area contributed by atoms with Gasteiger partial charge in [-0.3, -0.25) is 9.88 Å². The summed E-state index contributed by atoms with van der Waals surface area (Å²) in [7, 11) is 0. The van der Waals surface area contributed by atoms with E-state index in [1.807, 2.05) is 0 Å². The van der Waals surface area contributed by atoms with Crippen molar-refractivity contribution in [2.45, 2.75) is 43.5 Å². The summed E-state index contributed by atoms with van der Waals surface area (Å²) in [4.78, 5) is 8.76. The van der Waals surface area contributed by atoms with Gasteiger partial charge >= 0.3 is 0 Å². The van der Waals surface area contributed by atoms with Crippen molar-refractivity contribution in [1.82, 2.24) is 14.5 Å². The molecule has 2 aliphatic rings. The van der Waals surface area contributed by atoms with E-state index in [9.17, 15) is 20.4 Å². The highest BCUT2D eigenvalue weighted by Gasteiger charge is 2.37. The van der Waals surface area contributed by atoms with Crippen LogP contribution in [-0.4, -0.2) is 72.5 Å². The number of rotatable bonds is 3. The van der Waals surface area contributed by atoms with Crippen molar-refractivity contribution in [2.75, 3.05) is 18.5 Å². The lowest BCUT2D eigenvalue weighted by atomic mass is 10.1. The minimum absolute atomic E-state index is 0.193. The third-order valence-corrected chi connectivity index (χ3v) is 4.66. The Labute approximate surface area is 137 Å². The normalized spacial score (nSPS) is 32.8. The Hall–Kier alpha value is -1.85. The number of aromatic nitrogens is 4. The van der Waals surface area contributed by atoms with E-state index in [2.05, 4.69) is 15.3 Å². The summed E-state index contributed by atoms with van der Waals surface area (Å²) in [5, 5.41) is 41.6. The van der Waals surface area contributed by atoms with Crippen molar-refractivity contribution >= 4 is 17.0 Å². The highest BCUT2D eigenvalue weighted by Crippen LogP contribution is 2.31. The Balaban J connectivity index is 1.72. The van der Waals surface area contributed by atoms with Gasteiger partial charge < -0.3 is 25.2 Å². The fourth-order valence-electron chi connectivity index (χ4n) is 3.29. The van der Waals surface area contributed by atoms with Crippen molar-refractivity contribution < 1.29 is 29.7 Å². The van der Waals surface area contributed by atoms with Crippen LogP contribution in [0.3, 0.4) is 0 Å². The molecule has 0 unspecified atom stereocenters. The molecule has 1 saturated heterocycles. The highest BCUT2D eigenvalue weighted by molar-refractivity contribution is 5.81. The Morgan fingerprint density at radius 3 is 2.79 bits per heavy atom. The van der Waals surface area contributed by atoms with E-state index in [0.717, 1.165) is 0 Å². The summed E-state index contributed by atoms with van der Waals surface area (Å²) in [6.45, 7) is -0.128. The molecule has 0 aromatic carbocycles. The first-order valence-corrected chi connectivity index (χ1v) is 7.87. The van der Waals surface area contributed by atoms with Gasteiger partial charge in [0.15, 0.2) is 5.52 Å². The first-order valence-electron chi connectivity index (χ1n) is 7.87. The zero-order valence-electron chi connectivity index (χ0n) is 12.9. The maximum atomic E-state index is 9.98. The molecule has 1 fully saturated rings. The second kappa shape index (κ2) is 5.90. The van der Waals surface area contributed by atoms with E-state index in [1.54, 1.807) is 21.8 Å². The number of nitrogens with zero attached hydrogens (tertiary/aromatic N) is 4. The lowest BCUT2D eigenvalue weighted by molar-refractivity contribution is -0.696. The predicted octanol–water partition coefficient (Wildman–Crippen LogP) is -2.49. The average molecular weight is 338 g/mol. The predicted molar refractivity (Wildman–Crippen MR) is 79.8 cm³/mol. The summed E-state index contributed by atoms with van der Waals surface area (Å²) in [6.07, 6.45) is 0.981. The summed E-state index contributed by atoms with van der Waals surface area (Å²) in [6, 6.07) is -0.468. The minimum atomic E-state index is -0.739. The van der Waals surface area contributed by atoms with Gasteiger partial charge in [-0.25, -0.2) is 9.55 Å². The minimum Gasteiger partial charge on any atom is -0.394 e. The fraction of sp³-hybridized carbons (Fsp3) is 0.643. The summed E-state index contributed by atoms with van der Waals surface area (Å²) >= 11 is 0. The third-order valence-electron chi connectivity index (χ3n) is 4.66. The van der Waals surface area contributed by atoms with Gasteiger partial charge in [-0.2, -0.15) is 0 Å². The molecule has 4 rings (SSSR count). The van der Waals surface area contributed by atoms with Crippen molar-refractivity contribution in [3.8, 4) is 0 Å². The molecule has 0 amide bonds. The summed E-state index contributed by atoms with van der Waals surface area (Å²) in [5.41, 5.74) is 1.16. The van der Waals surface area contributed by atoms with Crippen molar-refractivity contribution in [1.29, 1.82) is 0 Å². The Morgan fingerprint density at radius 2 is 2.08 bits per heavy atom. The van der Waals surface area contributed by atoms with E-state index in [4.69, 9.17) is 4.74 Å². The lowest BCUT2D eigenvalue weighted by Gasteiger charge is -2.26. The molecule has 5 atom stereocenters. The number of anilines is 1. The summed E-state index contributed by atoms with van der Waals surface area (Å²) < 4.78 is 9.12. The van der Waals surface area contributed by atoms with Crippen LogP contribution in [0.5, 0.6) is 0 Å². The SMILES string of the molecule is OC[C@H]1Nc2c3ncn([C@H]4C[C@H](O)[C@@H](CO)O4)c3nc[n+]2C[C@H]1O. The molecule has 2 aromatic rings. The molecule has 130 valence electrons. The molecule has 4 heterocycles. The number of hydrogen-bond acceptors (Lipinski definition) is 8. The topological polar surface area (TPSA) is 137 Å². The van der Waals surface area contributed by atoms with Crippen molar-refractivity contribution in [3.05, 3.63) is 12.7 Å². The van der Waals surface area contributed by atoms with Crippen LogP contribution in [-0.2, 0) is 11.3 Å². The highest BCUT2D eigenvalue weighted by atomic mass is 16.5. The molecule has 10 nitrogen and oxygen atoms in total. The Kier molecular flexibility index (Phi) is 3.85. The van der Waals surface area contributed by atoms with Gasteiger partial charge in [-0.15, -0.1) is 0 Å². The first-order chi connectivity index (χ1) is 11.6.